The first-order valence-corrected chi connectivity index (χ1v) is 4.96. The first-order chi connectivity index (χ1) is 7.74. The summed E-state index contributed by atoms with van der Waals surface area (Å²) >= 11 is 0. The van der Waals surface area contributed by atoms with Gasteiger partial charge in [0.1, 0.15) is 19.3 Å². The van der Waals surface area contributed by atoms with Crippen molar-refractivity contribution in [3.63, 3.8) is 0 Å². The van der Waals surface area contributed by atoms with Gasteiger partial charge in [0.15, 0.2) is 11.5 Å². The van der Waals surface area contributed by atoms with Crippen molar-refractivity contribution in [2.75, 3.05) is 20.3 Å². The normalized spacial score (nSPS) is 15.4. The van der Waals surface area contributed by atoms with Crippen LogP contribution in [0.1, 0.15) is 11.6 Å². The summed E-state index contributed by atoms with van der Waals surface area (Å²) in [6.45, 7) is 0.960. The highest BCUT2D eigenvalue weighted by Gasteiger charge is 2.24. The molecule has 0 aromatic heterocycles. The van der Waals surface area contributed by atoms with Crippen molar-refractivity contribution in [1.29, 1.82) is 0 Å². The molecule has 1 atom stereocenters. The second-order valence-corrected chi connectivity index (χ2v) is 3.37. The van der Waals surface area contributed by atoms with Crippen molar-refractivity contribution in [2.24, 2.45) is 5.73 Å². The maximum Gasteiger partial charge on any atom is 0.327 e. The highest BCUT2D eigenvalue weighted by molar-refractivity contribution is 5.78. The van der Waals surface area contributed by atoms with Crippen LogP contribution < -0.4 is 15.2 Å². The lowest BCUT2D eigenvalue weighted by Gasteiger charge is -2.22. The van der Waals surface area contributed by atoms with Gasteiger partial charge in [-0.2, -0.15) is 0 Å². The fourth-order valence-electron chi connectivity index (χ4n) is 1.60. The zero-order valence-corrected chi connectivity index (χ0v) is 8.93. The van der Waals surface area contributed by atoms with Crippen LogP contribution in [0.2, 0.25) is 0 Å². The van der Waals surface area contributed by atoms with Crippen molar-refractivity contribution in [3.05, 3.63) is 23.8 Å². The number of nitrogens with two attached hydrogens (primary N) is 1. The van der Waals surface area contributed by atoms with Crippen LogP contribution in [0.5, 0.6) is 11.5 Å². The van der Waals surface area contributed by atoms with Gasteiger partial charge in [-0.1, -0.05) is 12.1 Å². The molecular weight excluding hydrogens is 210 g/mol. The van der Waals surface area contributed by atoms with Crippen LogP contribution in [0.4, 0.5) is 0 Å². The van der Waals surface area contributed by atoms with Gasteiger partial charge in [-0.15, -0.1) is 0 Å². The van der Waals surface area contributed by atoms with E-state index in [4.69, 9.17) is 15.2 Å². The van der Waals surface area contributed by atoms with Crippen molar-refractivity contribution < 1.29 is 19.0 Å². The molecule has 16 heavy (non-hydrogen) atoms. The van der Waals surface area contributed by atoms with Gasteiger partial charge in [0.25, 0.3) is 0 Å². The third-order valence-corrected chi connectivity index (χ3v) is 2.39. The Kier molecular flexibility index (Phi) is 2.96. The number of esters is 1. The molecule has 0 saturated carbocycles. The summed E-state index contributed by atoms with van der Waals surface area (Å²) in [7, 11) is 1.30. The van der Waals surface area contributed by atoms with E-state index in [1.54, 1.807) is 18.2 Å². The van der Waals surface area contributed by atoms with E-state index in [1.807, 2.05) is 0 Å². The van der Waals surface area contributed by atoms with Crippen LogP contribution in [-0.2, 0) is 9.53 Å². The highest BCUT2D eigenvalue weighted by Crippen LogP contribution is 2.36. The molecule has 1 aromatic rings. The van der Waals surface area contributed by atoms with E-state index in [0.29, 0.717) is 30.3 Å². The molecule has 86 valence electrons. The molecule has 5 nitrogen and oxygen atoms in total. The van der Waals surface area contributed by atoms with Gasteiger partial charge in [-0.3, -0.25) is 4.79 Å². The smallest absolute Gasteiger partial charge is 0.327 e. The fraction of sp³-hybridized carbons (Fsp3) is 0.364. The van der Waals surface area contributed by atoms with Crippen LogP contribution in [0.3, 0.4) is 0 Å². The largest absolute Gasteiger partial charge is 0.486 e. The maximum atomic E-state index is 11.4. The quantitative estimate of drug-likeness (QED) is 0.744. The van der Waals surface area contributed by atoms with Crippen LogP contribution in [0, 0.1) is 0 Å². The number of benzene rings is 1. The molecule has 0 bridgehead atoms. The van der Waals surface area contributed by atoms with Crippen molar-refractivity contribution in [1.82, 2.24) is 0 Å². The molecule has 5 heteroatoms. The van der Waals surface area contributed by atoms with Gasteiger partial charge in [0.2, 0.25) is 0 Å². The summed E-state index contributed by atoms with van der Waals surface area (Å²) in [5.74, 6) is 0.650. The van der Waals surface area contributed by atoms with Gasteiger partial charge >= 0.3 is 5.97 Å². The Morgan fingerprint density at radius 1 is 1.44 bits per heavy atom. The van der Waals surface area contributed by atoms with E-state index >= 15 is 0 Å². The van der Waals surface area contributed by atoms with Crippen molar-refractivity contribution in [3.8, 4) is 11.5 Å². The molecule has 1 heterocycles. The molecule has 2 N–H and O–H groups in total. The lowest BCUT2D eigenvalue weighted by atomic mass is 10.1. The summed E-state index contributed by atoms with van der Waals surface area (Å²) in [5.41, 5.74) is 6.35. The number of carbonyl (C=O) groups is 1. The zero-order valence-electron chi connectivity index (χ0n) is 8.93. The minimum atomic E-state index is -0.846. The van der Waals surface area contributed by atoms with E-state index in [1.165, 1.54) is 7.11 Å². The highest BCUT2D eigenvalue weighted by atomic mass is 16.6. The Labute approximate surface area is 93.1 Å². The van der Waals surface area contributed by atoms with Crippen molar-refractivity contribution in [2.45, 2.75) is 6.04 Å². The number of fused-ring (bicyclic) bond motifs is 1. The molecule has 0 unspecified atom stereocenters. The summed E-state index contributed by atoms with van der Waals surface area (Å²) in [6, 6.07) is 4.43. The van der Waals surface area contributed by atoms with Crippen molar-refractivity contribution >= 4 is 5.97 Å². The minimum Gasteiger partial charge on any atom is -0.486 e. The van der Waals surface area contributed by atoms with Gasteiger partial charge < -0.3 is 19.9 Å². The van der Waals surface area contributed by atoms with E-state index in [0.717, 1.165) is 0 Å². The molecular formula is C11H13NO4. The average molecular weight is 223 g/mol. The van der Waals surface area contributed by atoms with Crippen LogP contribution >= 0.6 is 0 Å². The molecule has 0 spiro atoms. The van der Waals surface area contributed by atoms with Gasteiger partial charge in [-0.25, -0.2) is 0 Å². The predicted molar refractivity (Wildman–Crippen MR) is 56.4 cm³/mol. The summed E-state index contributed by atoms with van der Waals surface area (Å²) < 4.78 is 15.4. The summed E-state index contributed by atoms with van der Waals surface area (Å²) in [4.78, 5) is 11.4. The lowest BCUT2D eigenvalue weighted by molar-refractivity contribution is -0.142. The average Bonchev–Trinajstić information content (AvgIpc) is 2.36. The Hall–Kier alpha value is -1.75. The molecule has 2 rings (SSSR count). The maximum absolute atomic E-state index is 11.4. The fourth-order valence-corrected chi connectivity index (χ4v) is 1.60. The molecule has 0 radical (unpaired) electrons. The first kappa shape index (κ1) is 10.8. The van der Waals surface area contributed by atoms with E-state index < -0.39 is 12.0 Å². The molecule has 1 aliphatic rings. The van der Waals surface area contributed by atoms with E-state index in [9.17, 15) is 4.79 Å². The minimum absolute atomic E-state index is 0.456. The molecule has 1 aliphatic heterocycles. The number of carbonyl (C=O) groups excluding carboxylic acids is 1. The van der Waals surface area contributed by atoms with Crippen LogP contribution in [0.25, 0.3) is 0 Å². The van der Waals surface area contributed by atoms with E-state index in [-0.39, 0.29) is 0 Å². The van der Waals surface area contributed by atoms with Gasteiger partial charge in [0.05, 0.1) is 7.11 Å². The number of hydrogen-bond acceptors (Lipinski definition) is 5. The van der Waals surface area contributed by atoms with Gasteiger partial charge in [0, 0.05) is 5.56 Å². The lowest BCUT2D eigenvalue weighted by Crippen LogP contribution is -2.25. The Morgan fingerprint density at radius 2 is 2.19 bits per heavy atom. The number of ether oxygens (including phenoxy) is 3. The molecule has 0 amide bonds. The Bertz CT molecular complexity index is 405. The molecule has 1 aromatic carbocycles. The van der Waals surface area contributed by atoms with Crippen LogP contribution in [0.15, 0.2) is 18.2 Å². The van der Waals surface area contributed by atoms with Crippen LogP contribution in [-0.4, -0.2) is 26.3 Å². The number of methoxy groups -OCH3 is 1. The Morgan fingerprint density at radius 3 is 2.94 bits per heavy atom. The number of para-hydroxylation sites is 1. The summed E-state index contributed by atoms with van der Waals surface area (Å²) in [5, 5.41) is 0. The standard InChI is InChI=1S/C11H13NO4/c1-14-11(13)9(12)7-3-2-4-8-10(7)16-6-5-15-8/h2-4,9H,5-6,12H2,1H3/t9-/m0/s1. The summed E-state index contributed by atoms with van der Waals surface area (Å²) in [6.07, 6.45) is 0. The Balaban J connectivity index is 2.37. The third-order valence-electron chi connectivity index (χ3n) is 2.39. The predicted octanol–water partition coefficient (Wildman–Crippen LogP) is 0.631. The molecule has 0 aliphatic carbocycles. The van der Waals surface area contributed by atoms with E-state index in [2.05, 4.69) is 4.74 Å². The molecule has 0 fully saturated rings. The SMILES string of the molecule is COC(=O)[C@@H](N)c1cccc2c1OCCO2. The second kappa shape index (κ2) is 4.40. The first-order valence-electron chi connectivity index (χ1n) is 4.96. The second-order valence-electron chi connectivity index (χ2n) is 3.37. The third kappa shape index (κ3) is 1.81. The zero-order chi connectivity index (χ0) is 11.5. The topological polar surface area (TPSA) is 70.8 Å². The van der Waals surface area contributed by atoms with Gasteiger partial charge in [-0.05, 0) is 6.07 Å². The number of hydrogen-bond donors (Lipinski definition) is 1. The number of rotatable bonds is 2. The molecule has 0 saturated heterocycles. The monoisotopic (exact) mass is 223 g/mol.